The molecular formula is C17H21N3O. The molecule has 0 saturated carbocycles. The van der Waals surface area contributed by atoms with E-state index in [1.54, 1.807) is 7.11 Å². The molecule has 0 atom stereocenters. The van der Waals surface area contributed by atoms with Crippen LogP contribution in [0.5, 0.6) is 5.75 Å². The highest BCUT2D eigenvalue weighted by molar-refractivity contribution is 5.54. The Morgan fingerprint density at radius 2 is 1.57 bits per heavy atom. The summed E-state index contributed by atoms with van der Waals surface area (Å²) in [6, 6.07) is 15.7. The lowest BCUT2D eigenvalue weighted by Crippen LogP contribution is -2.21. The summed E-state index contributed by atoms with van der Waals surface area (Å²) in [5.74, 6) is 0.723. The van der Waals surface area contributed by atoms with Crippen LogP contribution in [-0.4, -0.2) is 20.2 Å². The molecule has 0 radical (unpaired) electrons. The van der Waals surface area contributed by atoms with Gasteiger partial charge in [-0.15, -0.1) is 5.11 Å². The minimum atomic E-state index is 0.723. The Morgan fingerprint density at radius 3 is 2.19 bits per heavy atom. The summed E-state index contributed by atoms with van der Waals surface area (Å²) in [5, 5.41) is 8.51. The second-order valence-corrected chi connectivity index (χ2v) is 4.56. The predicted molar refractivity (Wildman–Crippen MR) is 87.2 cm³/mol. The summed E-state index contributed by atoms with van der Waals surface area (Å²) in [5.41, 5.74) is 2.76. The largest absolute Gasteiger partial charge is 0.494 e. The van der Waals surface area contributed by atoms with Gasteiger partial charge < -0.3 is 9.64 Å². The summed E-state index contributed by atoms with van der Waals surface area (Å²) in [6.45, 7) is 6.30. The van der Waals surface area contributed by atoms with Gasteiger partial charge in [-0.25, -0.2) is 0 Å². The standard InChI is InChI=1S/C17H21N3O/c1-4-20(5-2)15-12-10-14(11-13-15)18-19-16-8-6-7-9-17(16)21-3/h6-13H,4-5H2,1-3H3. The molecule has 4 heteroatoms. The smallest absolute Gasteiger partial charge is 0.146 e. The van der Waals surface area contributed by atoms with E-state index in [0.717, 1.165) is 30.2 Å². The van der Waals surface area contributed by atoms with E-state index < -0.39 is 0 Å². The van der Waals surface area contributed by atoms with Crippen molar-refractivity contribution in [2.45, 2.75) is 13.8 Å². The van der Waals surface area contributed by atoms with Crippen LogP contribution >= 0.6 is 0 Å². The molecule has 2 aromatic carbocycles. The fourth-order valence-electron chi connectivity index (χ4n) is 2.14. The molecule has 2 aromatic rings. The Balaban J connectivity index is 2.14. The number of nitrogens with zero attached hydrogens (tertiary/aromatic N) is 3. The van der Waals surface area contributed by atoms with Crippen LogP contribution in [0.1, 0.15) is 13.8 Å². The van der Waals surface area contributed by atoms with Crippen molar-refractivity contribution in [1.29, 1.82) is 0 Å². The number of ether oxygens (including phenoxy) is 1. The first kappa shape index (κ1) is 15.0. The topological polar surface area (TPSA) is 37.2 Å². The van der Waals surface area contributed by atoms with Gasteiger partial charge in [0, 0.05) is 18.8 Å². The maximum Gasteiger partial charge on any atom is 0.146 e. The van der Waals surface area contributed by atoms with Crippen LogP contribution in [-0.2, 0) is 0 Å². The monoisotopic (exact) mass is 283 g/mol. The summed E-state index contributed by atoms with van der Waals surface area (Å²) < 4.78 is 5.25. The third kappa shape index (κ3) is 3.81. The van der Waals surface area contributed by atoms with E-state index in [0.29, 0.717) is 0 Å². The van der Waals surface area contributed by atoms with Gasteiger partial charge >= 0.3 is 0 Å². The second kappa shape index (κ2) is 7.43. The molecule has 0 heterocycles. The van der Waals surface area contributed by atoms with Gasteiger partial charge in [-0.1, -0.05) is 12.1 Å². The zero-order chi connectivity index (χ0) is 15.1. The Morgan fingerprint density at radius 1 is 0.905 bits per heavy atom. The molecule has 0 saturated heterocycles. The third-order valence-corrected chi connectivity index (χ3v) is 3.34. The van der Waals surface area contributed by atoms with Crippen LogP contribution in [0.15, 0.2) is 58.8 Å². The van der Waals surface area contributed by atoms with Crippen molar-refractivity contribution in [2.75, 3.05) is 25.1 Å². The Hall–Kier alpha value is -2.36. The van der Waals surface area contributed by atoms with Crippen LogP contribution in [0, 0.1) is 0 Å². The molecule has 4 nitrogen and oxygen atoms in total. The molecule has 0 amide bonds. The first-order chi connectivity index (χ1) is 10.3. The SMILES string of the molecule is CCN(CC)c1ccc(N=Nc2ccccc2OC)cc1. The average Bonchev–Trinajstić information content (AvgIpc) is 2.55. The average molecular weight is 283 g/mol. The second-order valence-electron chi connectivity index (χ2n) is 4.56. The third-order valence-electron chi connectivity index (χ3n) is 3.34. The molecule has 0 aromatic heterocycles. The fraction of sp³-hybridized carbons (Fsp3) is 0.294. The van der Waals surface area contributed by atoms with E-state index >= 15 is 0 Å². The van der Waals surface area contributed by atoms with Gasteiger partial charge in [-0.05, 0) is 50.2 Å². The van der Waals surface area contributed by atoms with Crippen molar-refractivity contribution in [2.24, 2.45) is 10.2 Å². The summed E-state index contributed by atoms with van der Waals surface area (Å²) in [4.78, 5) is 2.29. The highest BCUT2D eigenvalue weighted by Gasteiger charge is 2.02. The number of azo groups is 1. The van der Waals surface area contributed by atoms with Crippen molar-refractivity contribution in [1.82, 2.24) is 0 Å². The quantitative estimate of drug-likeness (QED) is 0.703. The van der Waals surface area contributed by atoms with Gasteiger partial charge in [0.15, 0.2) is 0 Å². The molecule has 0 bridgehead atoms. The Labute approximate surface area is 126 Å². The van der Waals surface area contributed by atoms with Gasteiger partial charge in [0.25, 0.3) is 0 Å². The van der Waals surface area contributed by atoms with Crippen LogP contribution in [0.3, 0.4) is 0 Å². The molecule has 0 spiro atoms. The fourth-order valence-corrected chi connectivity index (χ4v) is 2.14. The molecule has 2 rings (SSSR count). The highest BCUT2D eigenvalue weighted by Crippen LogP contribution is 2.28. The number of anilines is 1. The Kier molecular flexibility index (Phi) is 5.32. The highest BCUT2D eigenvalue weighted by atomic mass is 16.5. The number of benzene rings is 2. The number of methoxy groups -OCH3 is 1. The molecule has 21 heavy (non-hydrogen) atoms. The lowest BCUT2D eigenvalue weighted by molar-refractivity contribution is 0.416. The van der Waals surface area contributed by atoms with Gasteiger partial charge in [0.1, 0.15) is 11.4 Å². The zero-order valence-corrected chi connectivity index (χ0v) is 12.8. The normalized spacial score (nSPS) is 10.8. The number of hydrogen-bond acceptors (Lipinski definition) is 4. The number of para-hydroxylation sites is 1. The first-order valence-corrected chi connectivity index (χ1v) is 7.18. The van der Waals surface area contributed by atoms with E-state index in [1.807, 2.05) is 36.4 Å². The van der Waals surface area contributed by atoms with Crippen molar-refractivity contribution in [3.63, 3.8) is 0 Å². The molecule has 0 aliphatic carbocycles. The minimum absolute atomic E-state index is 0.723. The maximum absolute atomic E-state index is 5.25. The van der Waals surface area contributed by atoms with Gasteiger partial charge in [-0.3, -0.25) is 0 Å². The van der Waals surface area contributed by atoms with Gasteiger partial charge in [0.2, 0.25) is 0 Å². The molecule has 110 valence electrons. The Bertz CT molecular complexity index is 589. The van der Waals surface area contributed by atoms with Crippen LogP contribution in [0.4, 0.5) is 17.1 Å². The maximum atomic E-state index is 5.25. The summed E-state index contributed by atoms with van der Waals surface area (Å²) in [7, 11) is 1.63. The van der Waals surface area contributed by atoms with E-state index in [9.17, 15) is 0 Å². The molecule has 0 unspecified atom stereocenters. The van der Waals surface area contributed by atoms with Crippen molar-refractivity contribution < 1.29 is 4.74 Å². The van der Waals surface area contributed by atoms with Gasteiger partial charge in [-0.2, -0.15) is 5.11 Å². The van der Waals surface area contributed by atoms with Crippen molar-refractivity contribution in [3.05, 3.63) is 48.5 Å². The number of rotatable bonds is 6. The summed E-state index contributed by atoms with van der Waals surface area (Å²) in [6.07, 6.45) is 0. The minimum Gasteiger partial charge on any atom is -0.494 e. The molecule has 0 fully saturated rings. The van der Waals surface area contributed by atoms with Crippen molar-refractivity contribution >= 4 is 17.1 Å². The van der Waals surface area contributed by atoms with E-state index in [4.69, 9.17) is 4.74 Å². The van der Waals surface area contributed by atoms with Crippen LogP contribution in [0.25, 0.3) is 0 Å². The van der Waals surface area contributed by atoms with Crippen molar-refractivity contribution in [3.8, 4) is 5.75 Å². The molecule has 0 aliphatic rings. The lowest BCUT2D eigenvalue weighted by atomic mass is 10.2. The zero-order valence-electron chi connectivity index (χ0n) is 12.8. The van der Waals surface area contributed by atoms with Gasteiger partial charge in [0.05, 0.1) is 12.8 Å². The van der Waals surface area contributed by atoms with Crippen LogP contribution in [0.2, 0.25) is 0 Å². The van der Waals surface area contributed by atoms with E-state index in [1.165, 1.54) is 5.69 Å². The van der Waals surface area contributed by atoms with E-state index in [2.05, 4.69) is 41.1 Å². The molecule has 0 aliphatic heterocycles. The molecular weight excluding hydrogens is 262 g/mol. The first-order valence-electron chi connectivity index (χ1n) is 7.18. The molecule has 0 N–H and O–H groups in total. The van der Waals surface area contributed by atoms with Crippen LogP contribution < -0.4 is 9.64 Å². The summed E-state index contributed by atoms with van der Waals surface area (Å²) >= 11 is 0. The van der Waals surface area contributed by atoms with E-state index in [-0.39, 0.29) is 0 Å². The number of hydrogen-bond donors (Lipinski definition) is 0. The predicted octanol–water partition coefficient (Wildman–Crippen LogP) is 4.96. The lowest BCUT2D eigenvalue weighted by Gasteiger charge is -2.20.